The maximum absolute atomic E-state index is 10.8. The van der Waals surface area contributed by atoms with E-state index in [-0.39, 0.29) is 5.69 Å². The average molecular weight is 279 g/mol. The Bertz CT molecular complexity index is 470. The summed E-state index contributed by atoms with van der Waals surface area (Å²) in [4.78, 5) is 18.6. The van der Waals surface area contributed by atoms with E-state index in [9.17, 15) is 9.90 Å². The molecule has 20 heavy (non-hydrogen) atoms. The van der Waals surface area contributed by atoms with Crippen molar-refractivity contribution in [2.75, 3.05) is 11.9 Å². The number of nitrogens with zero attached hydrogens (tertiary/aromatic N) is 2. The number of carboxylic acid groups (broad SMARTS) is 1. The summed E-state index contributed by atoms with van der Waals surface area (Å²) in [5.74, 6) is -0.00957. The van der Waals surface area contributed by atoms with E-state index in [1.165, 1.54) is 12.4 Å². The minimum absolute atomic E-state index is 0.100. The molecular formula is C14H21N3O3. The fourth-order valence-corrected chi connectivity index (χ4v) is 2.61. The van der Waals surface area contributed by atoms with Crippen LogP contribution in [-0.2, 0) is 0 Å². The number of anilines is 1. The highest BCUT2D eigenvalue weighted by atomic mass is 16.4. The van der Waals surface area contributed by atoms with E-state index in [0.717, 1.165) is 32.1 Å². The van der Waals surface area contributed by atoms with Crippen molar-refractivity contribution in [2.24, 2.45) is 5.92 Å². The minimum Gasteiger partial charge on any atom is -0.476 e. The van der Waals surface area contributed by atoms with Crippen molar-refractivity contribution < 1.29 is 15.0 Å². The summed E-state index contributed by atoms with van der Waals surface area (Å²) >= 11 is 0. The lowest BCUT2D eigenvalue weighted by molar-refractivity contribution is 0.00222. The lowest BCUT2D eigenvalue weighted by Crippen LogP contribution is -2.40. The molecule has 3 N–H and O–H groups in total. The molecule has 0 atom stereocenters. The number of aromatic nitrogens is 2. The zero-order valence-electron chi connectivity index (χ0n) is 11.7. The number of aromatic carboxylic acids is 1. The first-order valence-corrected chi connectivity index (χ1v) is 7.04. The highest BCUT2D eigenvalue weighted by Gasteiger charge is 2.32. The number of nitrogens with one attached hydrogen (secondary N) is 1. The SMILES string of the molecule is CCC1CCC(O)(CNc2cncc(C(=O)O)n2)CC1. The lowest BCUT2D eigenvalue weighted by atomic mass is 9.78. The first kappa shape index (κ1) is 14.7. The Morgan fingerprint density at radius 1 is 1.45 bits per heavy atom. The van der Waals surface area contributed by atoms with Crippen molar-refractivity contribution in [3.8, 4) is 0 Å². The zero-order chi connectivity index (χ0) is 14.6. The Hall–Kier alpha value is -1.69. The third-order valence-corrected chi connectivity index (χ3v) is 4.07. The van der Waals surface area contributed by atoms with Gasteiger partial charge in [0.1, 0.15) is 5.82 Å². The van der Waals surface area contributed by atoms with Gasteiger partial charge in [0.2, 0.25) is 0 Å². The largest absolute Gasteiger partial charge is 0.476 e. The Labute approximate surface area is 118 Å². The molecule has 0 amide bonds. The lowest BCUT2D eigenvalue weighted by Gasteiger charge is -2.36. The van der Waals surface area contributed by atoms with Crippen LogP contribution in [0.1, 0.15) is 49.5 Å². The van der Waals surface area contributed by atoms with Crippen LogP contribution in [0, 0.1) is 5.92 Å². The van der Waals surface area contributed by atoms with Crippen LogP contribution in [0.15, 0.2) is 12.4 Å². The van der Waals surface area contributed by atoms with Gasteiger partial charge in [0.15, 0.2) is 5.69 Å². The van der Waals surface area contributed by atoms with E-state index in [1.54, 1.807) is 0 Å². The maximum atomic E-state index is 10.8. The van der Waals surface area contributed by atoms with E-state index >= 15 is 0 Å². The standard InChI is InChI=1S/C14H21N3O3/c1-2-10-3-5-14(20,6-4-10)9-16-12-8-15-7-11(17-12)13(18)19/h7-8,10,20H,2-6,9H2,1H3,(H,16,17)(H,18,19). The van der Waals surface area contributed by atoms with Gasteiger partial charge in [0.25, 0.3) is 0 Å². The first-order chi connectivity index (χ1) is 9.52. The molecule has 1 aromatic rings. The Morgan fingerprint density at radius 3 is 2.75 bits per heavy atom. The third kappa shape index (κ3) is 3.66. The maximum Gasteiger partial charge on any atom is 0.356 e. The molecule has 0 unspecified atom stereocenters. The predicted octanol–water partition coefficient (Wildman–Crippen LogP) is 1.92. The fourth-order valence-electron chi connectivity index (χ4n) is 2.61. The highest BCUT2D eigenvalue weighted by Crippen LogP contribution is 2.33. The molecule has 1 fully saturated rings. The molecule has 2 rings (SSSR count). The number of hydrogen-bond acceptors (Lipinski definition) is 5. The summed E-state index contributed by atoms with van der Waals surface area (Å²) in [6.07, 6.45) is 7.44. The Morgan fingerprint density at radius 2 is 2.15 bits per heavy atom. The van der Waals surface area contributed by atoms with Crippen molar-refractivity contribution in [3.63, 3.8) is 0 Å². The minimum atomic E-state index is -1.11. The molecule has 1 aromatic heterocycles. The molecule has 110 valence electrons. The summed E-state index contributed by atoms with van der Waals surface area (Å²) in [6, 6.07) is 0. The van der Waals surface area contributed by atoms with Crippen LogP contribution in [0.3, 0.4) is 0 Å². The molecular weight excluding hydrogens is 258 g/mol. The van der Waals surface area contributed by atoms with Crippen LogP contribution in [-0.4, -0.2) is 38.3 Å². The number of hydrogen-bond donors (Lipinski definition) is 3. The molecule has 0 bridgehead atoms. The van der Waals surface area contributed by atoms with Gasteiger partial charge >= 0.3 is 5.97 Å². The van der Waals surface area contributed by atoms with Crippen molar-refractivity contribution in [1.29, 1.82) is 0 Å². The van der Waals surface area contributed by atoms with Gasteiger partial charge in [-0.15, -0.1) is 0 Å². The molecule has 1 heterocycles. The number of aliphatic hydroxyl groups is 1. The van der Waals surface area contributed by atoms with E-state index in [2.05, 4.69) is 22.2 Å². The second-order valence-corrected chi connectivity index (χ2v) is 5.52. The van der Waals surface area contributed by atoms with Crippen LogP contribution in [0.4, 0.5) is 5.82 Å². The zero-order valence-corrected chi connectivity index (χ0v) is 11.7. The Kier molecular flexibility index (Phi) is 4.54. The molecule has 0 spiro atoms. The molecule has 0 radical (unpaired) electrons. The Balaban J connectivity index is 1.92. The van der Waals surface area contributed by atoms with Gasteiger partial charge in [-0.2, -0.15) is 0 Å². The molecule has 1 saturated carbocycles. The normalized spacial score (nSPS) is 26.2. The quantitative estimate of drug-likeness (QED) is 0.762. The highest BCUT2D eigenvalue weighted by molar-refractivity contribution is 5.85. The van der Waals surface area contributed by atoms with E-state index in [1.807, 2.05) is 0 Å². The first-order valence-electron chi connectivity index (χ1n) is 7.04. The number of rotatable bonds is 5. The number of carboxylic acids is 1. The van der Waals surface area contributed by atoms with Gasteiger partial charge in [-0.1, -0.05) is 13.3 Å². The second-order valence-electron chi connectivity index (χ2n) is 5.52. The number of carbonyl (C=O) groups is 1. The summed E-state index contributed by atoms with van der Waals surface area (Å²) in [5.41, 5.74) is -0.830. The smallest absolute Gasteiger partial charge is 0.356 e. The van der Waals surface area contributed by atoms with Crippen LogP contribution >= 0.6 is 0 Å². The second kappa shape index (κ2) is 6.17. The van der Waals surface area contributed by atoms with Crippen LogP contribution in [0.2, 0.25) is 0 Å². The topological polar surface area (TPSA) is 95.3 Å². The van der Waals surface area contributed by atoms with Crippen molar-refractivity contribution in [2.45, 2.75) is 44.6 Å². The summed E-state index contributed by atoms with van der Waals surface area (Å²) in [7, 11) is 0. The van der Waals surface area contributed by atoms with Crippen LogP contribution in [0.5, 0.6) is 0 Å². The van der Waals surface area contributed by atoms with Crippen LogP contribution in [0.25, 0.3) is 0 Å². The van der Waals surface area contributed by atoms with Gasteiger partial charge in [0.05, 0.1) is 18.0 Å². The molecule has 0 aromatic carbocycles. The summed E-state index contributed by atoms with van der Waals surface area (Å²) in [6.45, 7) is 2.56. The van der Waals surface area contributed by atoms with Gasteiger partial charge in [-0.25, -0.2) is 9.78 Å². The monoisotopic (exact) mass is 279 g/mol. The van der Waals surface area contributed by atoms with Crippen molar-refractivity contribution in [3.05, 3.63) is 18.1 Å². The van der Waals surface area contributed by atoms with Crippen molar-refractivity contribution >= 4 is 11.8 Å². The predicted molar refractivity (Wildman–Crippen MR) is 74.7 cm³/mol. The molecule has 6 heteroatoms. The summed E-state index contributed by atoms with van der Waals surface area (Å²) in [5, 5.41) is 22.3. The molecule has 0 saturated heterocycles. The van der Waals surface area contributed by atoms with E-state index < -0.39 is 11.6 Å². The molecule has 0 aliphatic heterocycles. The third-order valence-electron chi connectivity index (χ3n) is 4.07. The van der Waals surface area contributed by atoms with Gasteiger partial charge in [-0.3, -0.25) is 4.98 Å². The van der Waals surface area contributed by atoms with E-state index in [4.69, 9.17) is 5.11 Å². The fraction of sp³-hybridized carbons (Fsp3) is 0.643. The summed E-state index contributed by atoms with van der Waals surface area (Å²) < 4.78 is 0. The molecule has 1 aliphatic rings. The molecule has 1 aliphatic carbocycles. The van der Waals surface area contributed by atoms with Crippen molar-refractivity contribution in [1.82, 2.24) is 9.97 Å². The molecule has 6 nitrogen and oxygen atoms in total. The van der Waals surface area contributed by atoms with Gasteiger partial charge < -0.3 is 15.5 Å². The van der Waals surface area contributed by atoms with Gasteiger partial charge in [0, 0.05) is 6.54 Å². The van der Waals surface area contributed by atoms with E-state index in [0.29, 0.717) is 18.3 Å². The average Bonchev–Trinajstić information content (AvgIpc) is 2.46. The van der Waals surface area contributed by atoms with Gasteiger partial charge in [-0.05, 0) is 31.6 Å². The van der Waals surface area contributed by atoms with Crippen LogP contribution < -0.4 is 5.32 Å².